The van der Waals surface area contributed by atoms with Gasteiger partial charge in [0.1, 0.15) is 13.2 Å². The zero-order valence-electron chi connectivity index (χ0n) is 16.1. The van der Waals surface area contributed by atoms with E-state index in [1.54, 1.807) is 12.1 Å². The Morgan fingerprint density at radius 1 is 1.04 bits per heavy atom. The predicted octanol–water partition coefficient (Wildman–Crippen LogP) is 3.47. The normalized spacial score (nSPS) is 16.2. The lowest BCUT2D eigenvalue weighted by Gasteiger charge is -2.26. The van der Waals surface area contributed by atoms with Crippen LogP contribution in [0.15, 0.2) is 36.4 Å². The molecule has 0 aromatic heterocycles. The summed E-state index contributed by atoms with van der Waals surface area (Å²) in [4.78, 5) is 24.4. The summed E-state index contributed by atoms with van der Waals surface area (Å²) in [6.45, 7) is 5.23. The average Bonchev–Trinajstić information content (AvgIpc) is 2.70. The molecular weight excluding hydrogens is 356 g/mol. The van der Waals surface area contributed by atoms with E-state index in [1.165, 1.54) is 0 Å². The molecule has 1 atom stereocenters. The molecule has 2 aliphatic rings. The molecule has 0 saturated heterocycles. The van der Waals surface area contributed by atoms with Crippen LogP contribution in [-0.2, 0) is 11.2 Å². The number of amides is 2. The van der Waals surface area contributed by atoms with Crippen LogP contribution in [0.5, 0.6) is 11.5 Å². The van der Waals surface area contributed by atoms with E-state index in [1.807, 2.05) is 24.3 Å². The van der Waals surface area contributed by atoms with Crippen molar-refractivity contribution in [3.8, 4) is 11.5 Å². The number of rotatable bonds is 4. The highest BCUT2D eigenvalue weighted by Crippen LogP contribution is 2.34. The van der Waals surface area contributed by atoms with Gasteiger partial charge in [-0.15, -0.1) is 0 Å². The van der Waals surface area contributed by atoms with Gasteiger partial charge >= 0.3 is 0 Å². The van der Waals surface area contributed by atoms with Gasteiger partial charge in [-0.1, -0.05) is 19.9 Å². The van der Waals surface area contributed by atoms with Gasteiger partial charge in [0.2, 0.25) is 5.91 Å². The number of ether oxygens (including phenoxy) is 2. The first-order chi connectivity index (χ1) is 13.5. The highest BCUT2D eigenvalue weighted by Gasteiger charge is 2.23. The summed E-state index contributed by atoms with van der Waals surface area (Å²) in [5.41, 5.74) is 3.36. The summed E-state index contributed by atoms with van der Waals surface area (Å²) in [7, 11) is 0. The van der Waals surface area contributed by atoms with Crippen LogP contribution in [0.3, 0.4) is 0 Å². The van der Waals surface area contributed by atoms with E-state index in [9.17, 15) is 9.59 Å². The highest BCUT2D eigenvalue weighted by molar-refractivity contribution is 5.98. The molecule has 6 heteroatoms. The fraction of sp³-hybridized carbons (Fsp3) is 0.364. The molecule has 0 spiro atoms. The molecule has 2 aliphatic heterocycles. The molecule has 0 radical (unpaired) electrons. The molecule has 2 aromatic carbocycles. The smallest absolute Gasteiger partial charge is 0.251 e. The average molecular weight is 380 g/mol. The van der Waals surface area contributed by atoms with E-state index in [0.717, 1.165) is 22.6 Å². The van der Waals surface area contributed by atoms with Crippen molar-refractivity contribution in [1.29, 1.82) is 0 Å². The molecule has 0 saturated carbocycles. The first-order valence-electron chi connectivity index (χ1n) is 9.64. The molecule has 2 N–H and O–H groups in total. The maximum absolute atomic E-state index is 12.9. The van der Waals surface area contributed by atoms with E-state index in [4.69, 9.17) is 9.47 Å². The number of benzene rings is 2. The van der Waals surface area contributed by atoms with Crippen molar-refractivity contribution in [2.24, 2.45) is 5.92 Å². The van der Waals surface area contributed by atoms with Gasteiger partial charge in [-0.05, 0) is 53.8 Å². The van der Waals surface area contributed by atoms with Crippen LogP contribution >= 0.6 is 0 Å². The zero-order valence-corrected chi connectivity index (χ0v) is 16.1. The van der Waals surface area contributed by atoms with Crippen LogP contribution in [0, 0.1) is 5.92 Å². The lowest BCUT2D eigenvalue weighted by atomic mass is 9.94. The number of carbonyl (C=O) groups excluding carboxylic acids is 2. The van der Waals surface area contributed by atoms with Crippen LogP contribution < -0.4 is 20.1 Å². The Morgan fingerprint density at radius 2 is 1.82 bits per heavy atom. The van der Waals surface area contributed by atoms with Gasteiger partial charge in [0, 0.05) is 17.7 Å². The summed E-state index contributed by atoms with van der Waals surface area (Å²) >= 11 is 0. The highest BCUT2D eigenvalue weighted by atomic mass is 16.6. The summed E-state index contributed by atoms with van der Waals surface area (Å²) in [6, 6.07) is 11.1. The number of aryl methyl sites for hydroxylation is 1. The minimum absolute atomic E-state index is 0.0168. The number of hydrogen-bond acceptors (Lipinski definition) is 4. The van der Waals surface area contributed by atoms with Crippen LogP contribution in [0.4, 0.5) is 5.69 Å². The van der Waals surface area contributed by atoms with Crippen molar-refractivity contribution >= 4 is 17.5 Å². The van der Waals surface area contributed by atoms with Crippen molar-refractivity contribution in [2.75, 3.05) is 18.5 Å². The monoisotopic (exact) mass is 380 g/mol. The Bertz CT molecular complexity index is 923. The van der Waals surface area contributed by atoms with Gasteiger partial charge < -0.3 is 20.1 Å². The molecule has 4 rings (SSSR count). The maximum Gasteiger partial charge on any atom is 0.251 e. The fourth-order valence-electron chi connectivity index (χ4n) is 3.64. The topological polar surface area (TPSA) is 76.7 Å². The molecule has 0 bridgehead atoms. The molecule has 2 heterocycles. The molecule has 6 nitrogen and oxygen atoms in total. The molecule has 0 unspecified atom stereocenters. The molecule has 2 aromatic rings. The summed E-state index contributed by atoms with van der Waals surface area (Å²) in [5.74, 6) is 1.54. The van der Waals surface area contributed by atoms with E-state index in [2.05, 4.69) is 24.5 Å². The number of fused-ring (bicyclic) bond motifs is 2. The molecule has 2 amide bonds. The number of carbonyl (C=O) groups is 2. The maximum atomic E-state index is 12.9. The standard InChI is InChI=1S/C22H24N2O4/c1-13(2)21(15-4-7-18-19(12-15)28-10-9-27-18)24-22(26)16-3-6-17-14(11-16)5-8-20(25)23-17/h3-4,6-7,11-13,21H,5,8-10H2,1-2H3,(H,23,25)(H,24,26)/t21-/m0/s1. The van der Waals surface area contributed by atoms with E-state index in [0.29, 0.717) is 37.4 Å². The van der Waals surface area contributed by atoms with E-state index < -0.39 is 0 Å². The first-order valence-corrected chi connectivity index (χ1v) is 9.64. The second kappa shape index (κ2) is 7.54. The molecule has 0 fully saturated rings. The van der Waals surface area contributed by atoms with Gasteiger partial charge in [-0.25, -0.2) is 0 Å². The molecule has 28 heavy (non-hydrogen) atoms. The van der Waals surface area contributed by atoms with Crippen molar-refractivity contribution in [1.82, 2.24) is 5.32 Å². The van der Waals surface area contributed by atoms with Crippen molar-refractivity contribution in [2.45, 2.75) is 32.7 Å². The van der Waals surface area contributed by atoms with Gasteiger partial charge in [-0.2, -0.15) is 0 Å². The van der Waals surface area contributed by atoms with Crippen LogP contribution in [0.2, 0.25) is 0 Å². The lowest BCUT2D eigenvalue weighted by Crippen LogP contribution is -2.32. The summed E-state index contributed by atoms with van der Waals surface area (Å²) in [6.07, 6.45) is 1.10. The minimum Gasteiger partial charge on any atom is -0.486 e. The fourth-order valence-corrected chi connectivity index (χ4v) is 3.64. The Balaban J connectivity index is 1.55. The SMILES string of the molecule is CC(C)[C@H](NC(=O)c1ccc2c(c1)CCC(=O)N2)c1ccc2c(c1)OCCO2. The van der Waals surface area contributed by atoms with Gasteiger partial charge in [-0.3, -0.25) is 9.59 Å². The third-order valence-corrected chi connectivity index (χ3v) is 5.14. The Morgan fingerprint density at radius 3 is 2.61 bits per heavy atom. The van der Waals surface area contributed by atoms with Crippen molar-refractivity contribution < 1.29 is 19.1 Å². The second-order valence-electron chi connectivity index (χ2n) is 7.52. The third-order valence-electron chi connectivity index (χ3n) is 5.14. The van der Waals surface area contributed by atoms with E-state index in [-0.39, 0.29) is 23.8 Å². The predicted molar refractivity (Wildman–Crippen MR) is 106 cm³/mol. The van der Waals surface area contributed by atoms with Crippen LogP contribution in [0.1, 0.15) is 47.8 Å². The summed E-state index contributed by atoms with van der Waals surface area (Å²) in [5, 5.41) is 5.99. The number of hydrogen-bond donors (Lipinski definition) is 2. The van der Waals surface area contributed by atoms with Crippen LogP contribution in [0.25, 0.3) is 0 Å². The quantitative estimate of drug-likeness (QED) is 0.852. The van der Waals surface area contributed by atoms with Gasteiger partial charge in [0.25, 0.3) is 5.91 Å². The largest absolute Gasteiger partial charge is 0.486 e. The van der Waals surface area contributed by atoms with Gasteiger partial charge in [0.15, 0.2) is 11.5 Å². The molecule has 0 aliphatic carbocycles. The number of nitrogens with one attached hydrogen (secondary N) is 2. The lowest BCUT2D eigenvalue weighted by molar-refractivity contribution is -0.116. The first kappa shape index (κ1) is 18.3. The minimum atomic E-state index is -0.154. The Kier molecular flexibility index (Phi) is 4.94. The Hall–Kier alpha value is -3.02. The second-order valence-corrected chi connectivity index (χ2v) is 7.52. The molecule has 146 valence electrons. The van der Waals surface area contributed by atoms with Crippen molar-refractivity contribution in [3.05, 3.63) is 53.1 Å². The number of anilines is 1. The van der Waals surface area contributed by atoms with E-state index >= 15 is 0 Å². The Labute approximate surface area is 164 Å². The zero-order chi connectivity index (χ0) is 19.7. The van der Waals surface area contributed by atoms with Gasteiger partial charge in [0.05, 0.1) is 6.04 Å². The summed E-state index contributed by atoms with van der Waals surface area (Å²) < 4.78 is 11.3. The van der Waals surface area contributed by atoms with Crippen molar-refractivity contribution in [3.63, 3.8) is 0 Å². The molecular formula is C22H24N2O4. The third kappa shape index (κ3) is 3.67. The van der Waals surface area contributed by atoms with Crippen LogP contribution in [-0.4, -0.2) is 25.0 Å².